The molecule has 0 spiro atoms. The van der Waals surface area contributed by atoms with Crippen molar-refractivity contribution in [2.24, 2.45) is 5.92 Å². The quantitative estimate of drug-likeness (QED) is 0.492. The maximum atomic E-state index is 10.7. The molecular formula is C8H12O4. The Bertz CT molecular complexity index is 185. The molecule has 1 atom stereocenters. The molecule has 0 unspecified atom stereocenters. The molecule has 0 heterocycles. The summed E-state index contributed by atoms with van der Waals surface area (Å²) in [6.45, 7) is 3.40. The lowest BCUT2D eigenvalue weighted by Crippen LogP contribution is -2.18. The number of ether oxygens (including phenoxy) is 1. The topological polar surface area (TPSA) is 63.6 Å². The number of methoxy groups -OCH3 is 1. The van der Waals surface area contributed by atoms with Crippen LogP contribution in [0.4, 0.5) is 0 Å². The molecule has 4 nitrogen and oxygen atoms in total. The molecule has 4 heteroatoms. The molecule has 0 amide bonds. The number of rotatable bonds is 5. The Labute approximate surface area is 70.8 Å². The molecule has 0 radical (unpaired) electrons. The monoisotopic (exact) mass is 172 g/mol. The van der Waals surface area contributed by atoms with E-state index in [1.165, 1.54) is 13.2 Å². The number of esters is 1. The summed E-state index contributed by atoms with van der Waals surface area (Å²) in [4.78, 5) is 21.2. The molecular weight excluding hydrogens is 160 g/mol. The van der Waals surface area contributed by atoms with Gasteiger partial charge in [0, 0.05) is 0 Å². The van der Waals surface area contributed by atoms with Crippen LogP contribution >= 0.6 is 0 Å². The predicted molar refractivity (Wildman–Crippen MR) is 42.6 cm³/mol. The predicted octanol–water partition coefficient (Wildman–Crippen LogP) is 0.826. The Morgan fingerprint density at radius 3 is 2.58 bits per heavy atom. The lowest BCUT2D eigenvalue weighted by molar-refractivity contribution is -0.149. The molecule has 0 fully saturated rings. The van der Waals surface area contributed by atoms with Crippen molar-refractivity contribution in [1.82, 2.24) is 0 Å². The summed E-state index contributed by atoms with van der Waals surface area (Å²) >= 11 is 0. The van der Waals surface area contributed by atoms with Crippen LogP contribution in [0.25, 0.3) is 0 Å². The van der Waals surface area contributed by atoms with Crippen LogP contribution in [-0.4, -0.2) is 24.2 Å². The normalized spacial score (nSPS) is 11.8. The van der Waals surface area contributed by atoms with E-state index in [2.05, 4.69) is 11.3 Å². The molecule has 0 aromatic carbocycles. The highest BCUT2D eigenvalue weighted by Gasteiger charge is 2.19. The van der Waals surface area contributed by atoms with Gasteiger partial charge < -0.3 is 9.84 Å². The van der Waals surface area contributed by atoms with Crippen molar-refractivity contribution < 1.29 is 19.4 Å². The first-order chi connectivity index (χ1) is 5.61. The molecule has 12 heavy (non-hydrogen) atoms. The van der Waals surface area contributed by atoms with Gasteiger partial charge >= 0.3 is 11.9 Å². The number of carbonyl (C=O) groups excluding carboxylic acids is 1. The van der Waals surface area contributed by atoms with Crippen LogP contribution in [0.15, 0.2) is 12.7 Å². The largest absolute Gasteiger partial charge is 0.481 e. The molecule has 68 valence electrons. The van der Waals surface area contributed by atoms with Crippen LogP contribution in [0.1, 0.15) is 12.8 Å². The zero-order valence-electron chi connectivity index (χ0n) is 6.95. The number of hydrogen-bond acceptors (Lipinski definition) is 3. The van der Waals surface area contributed by atoms with E-state index in [0.29, 0.717) is 0 Å². The Morgan fingerprint density at radius 1 is 1.67 bits per heavy atom. The van der Waals surface area contributed by atoms with E-state index in [1.54, 1.807) is 0 Å². The van der Waals surface area contributed by atoms with Crippen LogP contribution in [0, 0.1) is 5.92 Å². The summed E-state index contributed by atoms with van der Waals surface area (Å²) < 4.78 is 4.34. The third kappa shape index (κ3) is 3.75. The van der Waals surface area contributed by atoms with Gasteiger partial charge in [-0.15, -0.1) is 6.58 Å². The van der Waals surface area contributed by atoms with Crippen molar-refractivity contribution in [1.29, 1.82) is 0 Å². The van der Waals surface area contributed by atoms with Crippen LogP contribution in [0.3, 0.4) is 0 Å². The molecule has 0 bridgehead atoms. The second-order valence-electron chi connectivity index (χ2n) is 2.34. The number of carboxylic acid groups (broad SMARTS) is 1. The van der Waals surface area contributed by atoms with Crippen molar-refractivity contribution in [2.75, 3.05) is 7.11 Å². The molecule has 0 aromatic heterocycles. The summed E-state index contributed by atoms with van der Waals surface area (Å²) in [5.41, 5.74) is 0. The van der Waals surface area contributed by atoms with Crippen LogP contribution in [0.5, 0.6) is 0 Å². The summed E-state index contributed by atoms with van der Waals surface area (Å²) in [6, 6.07) is 0. The minimum Gasteiger partial charge on any atom is -0.481 e. The fourth-order valence-corrected chi connectivity index (χ4v) is 0.757. The van der Waals surface area contributed by atoms with E-state index >= 15 is 0 Å². The lowest BCUT2D eigenvalue weighted by atomic mass is 10.0. The Balaban J connectivity index is 4.03. The fourth-order valence-electron chi connectivity index (χ4n) is 0.757. The smallest absolute Gasteiger partial charge is 0.307 e. The minimum absolute atomic E-state index is 0.0994. The second-order valence-corrected chi connectivity index (χ2v) is 2.34. The van der Waals surface area contributed by atoms with E-state index in [9.17, 15) is 9.59 Å². The summed E-state index contributed by atoms with van der Waals surface area (Å²) in [5.74, 6) is -2.22. The van der Waals surface area contributed by atoms with Crippen molar-refractivity contribution in [3.8, 4) is 0 Å². The first-order valence-corrected chi connectivity index (χ1v) is 3.52. The molecule has 0 aliphatic heterocycles. The molecule has 1 N–H and O–H groups in total. The van der Waals surface area contributed by atoms with Gasteiger partial charge in [-0.2, -0.15) is 0 Å². The number of aliphatic carboxylic acids is 1. The third-order valence-electron chi connectivity index (χ3n) is 1.44. The van der Waals surface area contributed by atoms with Gasteiger partial charge in [-0.3, -0.25) is 9.59 Å². The highest BCUT2D eigenvalue weighted by atomic mass is 16.5. The van der Waals surface area contributed by atoms with Gasteiger partial charge in [-0.25, -0.2) is 0 Å². The summed E-state index contributed by atoms with van der Waals surface area (Å²) in [6.07, 6.45) is 1.66. The van der Waals surface area contributed by atoms with Gasteiger partial charge in [-0.1, -0.05) is 6.08 Å². The molecule has 0 saturated carbocycles. The lowest BCUT2D eigenvalue weighted by Gasteiger charge is -2.06. The van der Waals surface area contributed by atoms with Gasteiger partial charge in [0.15, 0.2) is 0 Å². The van der Waals surface area contributed by atoms with Gasteiger partial charge in [0.05, 0.1) is 19.4 Å². The van der Waals surface area contributed by atoms with Crippen molar-refractivity contribution in [3.63, 3.8) is 0 Å². The maximum Gasteiger partial charge on any atom is 0.307 e. The molecule has 0 aromatic rings. The Morgan fingerprint density at radius 2 is 2.25 bits per heavy atom. The zero-order valence-corrected chi connectivity index (χ0v) is 6.95. The first kappa shape index (κ1) is 10.7. The standard InChI is InChI=1S/C8H12O4/c1-3-4-6(8(10)11)5-7(9)12-2/h3,6H,1,4-5H2,2H3,(H,10,11)/t6-/m1/s1. The molecule has 0 aliphatic rings. The van der Waals surface area contributed by atoms with Crippen LogP contribution in [0.2, 0.25) is 0 Å². The summed E-state index contributed by atoms with van der Waals surface area (Å²) in [7, 11) is 1.23. The number of carboxylic acids is 1. The van der Waals surface area contributed by atoms with Crippen molar-refractivity contribution in [2.45, 2.75) is 12.8 Å². The molecule has 0 rings (SSSR count). The van der Waals surface area contributed by atoms with Gasteiger partial charge in [0.1, 0.15) is 0 Å². The zero-order chi connectivity index (χ0) is 9.56. The third-order valence-corrected chi connectivity index (χ3v) is 1.44. The highest BCUT2D eigenvalue weighted by molar-refractivity contribution is 5.78. The van der Waals surface area contributed by atoms with Gasteiger partial charge in [-0.05, 0) is 6.42 Å². The average molecular weight is 172 g/mol. The van der Waals surface area contributed by atoms with Crippen molar-refractivity contribution in [3.05, 3.63) is 12.7 Å². The fraction of sp³-hybridized carbons (Fsp3) is 0.500. The van der Waals surface area contributed by atoms with Crippen LogP contribution < -0.4 is 0 Å². The number of carbonyl (C=O) groups is 2. The number of allylic oxidation sites excluding steroid dienone is 1. The average Bonchev–Trinajstić information content (AvgIpc) is 2.03. The maximum absolute atomic E-state index is 10.7. The van der Waals surface area contributed by atoms with Gasteiger partial charge in [0.2, 0.25) is 0 Å². The van der Waals surface area contributed by atoms with Crippen LogP contribution in [-0.2, 0) is 14.3 Å². The van der Waals surface area contributed by atoms with E-state index < -0.39 is 17.9 Å². The van der Waals surface area contributed by atoms with E-state index in [0.717, 1.165) is 0 Å². The molecule has 0 saturated heterocycles. The number of hydrogen-bond donors (Lipinski definition) is 1. The van der Waals surface area contributed by atoms with E-state index in [4.69, 9.17) is 5.11 Å². The van der Waals surface area contributed by atoms with E-state index in [-0.39, 0.29) is 12.8 Å². The first-order valence-electron chi connectivity index (χ1n) is 3.52. The highest BCUT2D eigenvalue weighted by Crippen LogP contribution is 2.09. The SMILES string of the molecule is C=CC[C@H](CC(=O)OC)C(=O)O. The minimum atomic E-state index is -1.000. The van der Waals surface area contributed by atoms with E-state index in [1.807, 2.05) is 0 Å². The van der Waals surface area contributed by atoms with Gasteiger partial charge in [0.25, 0.3) is 0 Å². The molecule has 0 aliphatic carbocycles. The second kappa shape index (κ2) is 5.35. The Hall–Kier alpha value is -1.32. The Kier molecular flexibility index (Phi) is 4.76. The van der Waals surface area contributed by atoms with Crippen molar-refractivity contribution >= 4 is 11.9 Å². The summed E-state index contributed by atoms with van der Waals surface area (Å²) in [5, 5.41) is 8.59.